The Morgan fingerprint density at radius 1 is 1.06 bits per heavy atom. The third-order valence-electron chi connectivity index (χ3n) is 3.63. The summed E-state index contributed by atoms with van der Waals surface area (Å²) in [7, 11) is 0. The molecule has 1 aliphatic heterocycles. The quantitative estimate of drug-likeness (QED) is 0.844. The van der Waals surface area contributed by atoms with E-state index in [0.717, 1.165) is 10.6 Å². The van der Waals surface area contributed by atoms with Gasteiger partial charge in [-0.05, 0) is 10.8 Å². The van der Waals surface area contributed by atoms with Gasteiger partial charge in [0.2, 0.25) is 6.79 Å². The zero-order chi connectivity index (χ0) is 13.8. The van der Waals surface area contributed by atoms with Crippen LogP contribution in [0, 0.1) is 10.8 Å². The van der Waals surface area contributed by atoms with E-state index in [1.54, 1.807) is 0 Å². The molecule has 0 aliphatic carbocycles. The molecular weight excluding hydrogens is 248 g/mol. The van der Waals surface area contributed by atoms with Crippen molar-refractivity contribution in [2.75, 3.05) is 6.79 Å². The Kier molecular flexibility index (Phi) is 2.95. The minimum absolute atomic E-state index is 0.246. The largest absolute Gasteiger partial charge is 0.453 e. The van der Waals surface area contributed by atoms with Gasteiger partial charge in [-0.3, -0.25) is 0 Å². The van der Waals surface area contributed by atoms with Crippen LogP contribution in [-0.4, -0.2) is 11.9 Å². The third-order valence-corrected chi connectivity index (χ3v) is 4.68. The molecule has 0 saturated carbocycles. The summed E-state index contributed by atoms with van der Waals surface area (Å²) in [5.74, 6) is 1.47. The van der Waals surface area contributed by atoms with Crippen LogP contribution in [0.2, 0.25) is 0 Å². The van der Waals surface area contributed by atoms with E-state index >= 15 is 0 Å². The molecule has 0 radical (unpaired) electrons. The van der Waals surface area contributed by atoms with Crippen LogP contribution in [0.15, 0.2) is 5.38 Å². The highest BCUT2D eigenvalue weighted by atomic mass is 32.1. The van der Waals surface area contributed by atoms with Crippen molar-refractivity contribution in [2.24, 2.45) is 10.8 Å². The molecule has 1 aromatic rings. The average molecular weight is 270 g/mol. The van der Waals surface area contributed by atoms with E-state index in [4.69, 9.17) is 9.47 Å². The van der Waals surface area contributed by atoms with Crippen molar-refractivity contribution < 1.29 is 14.6 Å². The summed E-state index contributed by atoms with van der Waals surface area (Å²) in [5.41, 5.74) is -1.56. The van der Waals surface area contributed by atoms with E-state index in [1.807, 2.05) is 5.38 Å². The summed E-state index contributed by atoms with van der Waals surface area (Å²) in [6, 6.07) is 0. The average Bonchev–Trinajstić information content (AvgIpc) is 2.72. The third kappa shape index (κ3) is 1.74. The lowest BCUT2D eigenvalue weighted by Crippen LogP contribution is -2.49. The number of aliphatic hydroxyl groups is 1. The maximum atomic E-state index is 11.4. The van der Waals surface area contributed by atoms with Crippen molar-refractivity contribution in [3.63, 3.8) is 0 Å². The van der Waals surface area contributed by atoms with Crippen molar-refractivity contribution in [2.45, 2.75) is 47.1 Å². The first-order valence-corrected chi connectivity index (χ1v) is 7.07. The Balaban J connectivity index is 2.62. The number of hydrogen-bond acceptors (Lipinski definition) is 4. The highest BCUT2D eigenvalue weighted by molar-refractivity contribution is 7.10. The van der Waals surface area contributed by atoms with Gasteiger partial charge in [-0.2, -0.15) is 0 Å². The molecular formula is C14H22O3S. The van der Waals surface area contributed by atoms with E-state index < -0.39 is 5.60 Å². The van der Waals surface area contributed by atoms with Gasteiger partial charge in [0.25, 0.3) is 0 Å². The maximum Gasteiger partial charge on any atom is 0.231 e. The Labute approximate surface area is 113 Å². The minimum Gasteiger partial charge on any atom is -0.453 e. The van der Waals surface area contributed by atoms with Gasteiger partial charge < -0.3 is 14.6 Å². The molecule has 1 aliphatic rings. The highest BCUT2D eigenvalue weighted by Gasteiger charge is 2.53. The lowest BCUT2D eigenvalue weighted by molar-refractivity contribution is -0.143. The normalized spacial score (nSPS) is 16.2. The number of rotatable bonds is 1. The first kappa shape index (κ1) is 13.7. The van der Waals surface area contributed by atoms with E-state index in [2.05, 4.69) is 41.5 Å². The Hall–Kier alpha value is -0.740. The molecule has 0 fully saturated rings. The van der Waals surface area contributed by atoms with Gasteiger partial charge in [0, 0.05) is 5.38 Å². The van der Waals surface area contributed by atoms with Crippen molar-refractivity contribution in [3.05, 3.63) is 10.3 Å². The summed E-state index contributed by atoms with van der Waals surface area (Å²) >= 11 is 1.51. The van der Waals surface area contributed by atoms with Crippen molar-refractivity contribution in [1.82, 2.24) is 0 Å². The van der Waals surface area contributed by atoms with E-state index in [1.165, 1.54) is 11.3 Å². The molecule has 0 atom stereocenters. The van der Waals surface area contributed by atoms with Crippen molar-refractivity contribution in [1.29, 1.82) is 0 Å². The number of ether oxygens (including phenoxy) is 2. The van der Waals surface area contributed by atoms with Crippen LogP contribution in [-0.2, 0) is 5.60 Å². The molecule has 1 aromatic heterocycles. The molecule has 0 spiro atoms. The van der Waals surface area contributed by atoms with E-state index in [0.29, 0.717) is 5.75 Å². The fourth-order valence-electron chi connectivity index (χ4n) is 2.78. The predicted molar refractivity (Wildman–Crippen MR) is 73.2 cm³/mol. The first-order valence-electron chi connectivity index (χ1n) is 6.19. The lowest BCUT2D eigenvalue weighted by Gasteiger charge is -2.49. The second-order valence-corrected chi connectivity index (χ2v) is 7.75. The van der Waals surface area contributed by atoms with Crippen LogP contribution in [0.1, 0.15) is 46.4 Å². The topological polar surface area (TPSA) is 38.7 Å². The summed E-state index contributed by atoms with van der Waals surface area (Å²) in [6.07, 6.45) is 0. The van der Waals surface area contributed by atoms with Gasteiger partial charge in [-0.1, -0.05) is 41.5 Å². The molecule has 0 saturated heterocycles. The minimum atomic E-state index is -0.966. The molecule has 2 rings (SSSR count). The van der Waals surface area contributed by atoms with Crippen molar-refractivity contribution in [3.8, 4) is 11.5 Å². The van der Waals surface area contributed by atoms with E-state index in [9.17, 15) is 5.11 Å². The summed E-state index contributed by atoms with van der Waals surface area (Å²) in [4.78, 5) is 0.870. The molecule has 102 valence electrons. The Bertz CT molecular complexity index is 435. The summed E-state index contributed by atoms with van der Waals surface area (Å²) in [5, 5.41) is 13.3. The van der Waals surface area contributed by atoms with Crippen LogP contribution in [0.5, 0.6) is 11.5 Å². The number of fused-ring (bicyclic) bond motifs is 1. The molecule has 0 amide bonds. The highest BCUT2D eigenvalue weighted by Crippen LogP contribution is 2.58. The standard InChI is InChI=1S/C14H22O3S/c1-12(2,3)14(15,13(4,5)6)11-10-9(7-18-11)16-8-17-10/h7,15H,8H2,1-6H3. The molecule has 3 nitrogen and oxygen atoms in total. The fourth-order valence-corrected chi connectivity index (χ4v) is 4.22. The molecule has 1 N–H and O–H groups in total. The molecule has 18 heavy (non-hydrogen) atoms. The van der Waals surface area contributed by atoms with E-state index in [-0.39, 0.29) is 17.6 Å². The predicted octanol–water partition coefficient (Wildman–Crippen LogP) is 3.76. The molecule has 0 unspecified atom stereocenters. The summed E-state index contributed by atoms with van der Waals surface area (Å²) < 4.78 is 10.9. The number of hydrogen-bond donors (Lipinski definition) is 1. The second-order valence-electron chi connectivity index (χ2n) is 6.88. The van der Waals surface area contributed by atoms with Crippen LogP contribution in [0.3, 0.4) is 0 Å². The SMILES string of the molecule is CC(C)(C)C(O)(c1scc2c1OCO2)C(C)(C)C. The first-order chi connectivity index (χ1) is 8.09. The van der Waals surface area contributed by atoms with Crippen LogP contribution < -0.4 is 9.47 Å². The van der Waals surface area contributed by atoms with Crippen LogP contribution in [0.25, 0.3) is 0 Å². The Morgan fingerprint density at radius 2 is 1.61 bits per heavy atom. The van der Waals surface area contributed by atoms with Gasteiger partial charge >= 0.3 is 0 Å². The van der Waals surface area contributed by atoms with Gasteiger partial charge in [0.05, 0.1) is 4.88 Å². The number of thiophene rings is 1. The Morgan fingerprint density at radius 3 is 2.11 bits per heavy atom. The maximum absolute atomic E-state index is 11.4. The monoisotopic (exact) mass is 270 g/mol. The lowest BCUT2D eigenvalue weighted by atomic mass is 9.62. The van der Waals surface area contributed by atoms with Gasteiger partial charge in [-0.15, -0.1) is 11.3 Å². The fraction of sp³-hybridized carbons (Fsp3) is 0.714. The van der Waals surface area contributed by atoms with Crippen LogP contribution in [0.4, 0.5) is 0 Å². The summed E-state index contributed by atoms with van der Waals surface area (Å²) in [6.45, 7) is 12.6. The molecule has 0 bridgehead atoms. The van der Waals surface area contributed by atoms with Gasteiger partial charge in [0.1, 0.15) is 5.60 Å². The van der Waals surface area contributed by atoms with Crippen molar-refractivity contribution >= 4 is 11.3 Å². The molecule has 2 heterocycles. The van der Waals surface area contributed by atoms with Gasteiger partial charge in [0.15, 0.2) is 11.5 Å². The molecule has 4 heteroatoms. The zero-order valence-corrected chi connectivity index (χ0v) is 12.8. The van der Waals surface area contributed by atoms with Crippen LogP contribution >= 0.6 is 11.3 Å². The zero-order valence-electron chi connectivity index (χ0n) is 12.0. The van der Waals surface area contributed by atoms with Gasteiger partial charge in [-0.25, -0.2) is 0 Å². The molecule has 0 aromatic carbocycles. The second kappa shape index (κ2) is 3.87. The smallest absolute Gasteiger partial charge is 0.231 e.